The van der Waals surface area contributed by atoms with Crippen molar-refractivity contribution in [3.05, 3.63) is 65.7 Å². The van der Waals surface area contributed by atoms with Crippen molar-refractivity contribution < 1.29 is 22.7 Å². The lowest BCUT2D eigenvalue weighted by molar-refractivity contribution is -0.148. The molecular formula is C20H24N2O5S. The molecular weight excluding hydrogens is 380 g/mol. The third-order valence-corrected chi connectivity index (χ3v) is 5.12. The van der Waals surface area contributed by atoms with Crippen molar-refractivity contribution in [1.82, 2.24) is 5.32 Å². The average molecular weight is 404 g/mol. The molecule has 0 aliphatic rings. The maximum Gasteiger partial charge on any atom is 0.306 e. The largest absolute Gasteiger partial charge is 0.456 e. The minimum atomic E-state index is -3.71. The average Bonchev–Trinajstić information content (AvgIpc) is 2.67. The summed E-state index contributed by atoms with van der Waals surface area (Å²) in [5, 5.41) is 7.70. The number of amides is 1. The molecule has 0 bridgehead atoms. The standard InChI is InChI=1S/C20H24N2O5S/c1-15(17-5-3-2-4-6-17)13-20(24)27-14-19(23)22-12-11-16-7-9-18(10-8-16)28(21,25)26/h2-10,15H,11-14H2,1H3,(H,22,23)(H2,21,25,26)/t15-/m0/s1. The van der Waals surface area contributed by atoms with E-state index in [4.69, 9.17) is 9.88 Å². The third-order valence-electron chi connectivity index (χ3n) is 4.19. The summed E-state index contributed by atoms with van der Waals surface area (Å²) in [5.74, 6) is -0.802. The van der Waals surface area contributed by atoms with E-state index >= 15 is 0 Å². The second-order valence-electron chi connectivity index (χ2n) is 6.47. The van der Waals surface area contributed by atoms with Crippen LogP contribution in [0.1, 0.15) is 30.4 Å². The number of carbonyl (C=O) groups excluding carboxylic acids is 2. The molecule has 0 heterocycles. The van der Waals surface area contributed by atoms with E-state index in [-0.39, 0.29) is 29.7 Å². The number of hydrogen-bond donors (Lipinski definition) is 2. The second-order valence-corrected chi connectivity index (χ2v) is 8.03. The molecule has 1 amide bonds. The molecule has 2 aromatic rings. The van der Waals surface area contributed by atoms with Gasteiger partial charge in [-0.2, -0.15) is 0 Å². The summed E-state index contributed by atoms with van der Waals surface area (Å²) in [4.78, 5) is 23.7. The van der Waals surface area contributed by atoms with E-state index in [1.165, 1.54) is 12.1 Å². The highest BCUT2D eigenvalue weighted by Gasteiger charge is 2.13. The smallest absolute Gasteiger partial charge is 0.306 e. The number of esters is 1. The number of nitrogens with two attached hydrogens (primary N) is 1. The molecule has 0 aliphatic carbocycles. The van der Waals surface area contributed by atoms with E-state index in [2.05, 4.69) is 5.32 Å². The fourth-order valence-corrected chi connectivity index (χ4v) is 3.11. The van der Waals surface area contributed by atoms with Crippen LogP contribution in [0.2, 0.25) is 0 Å². The highest BCUT2D eigenvalue weighted by molar-refractivity contribution is 7.89. The van der Waals surface area contributed by atoms with Crippen molar-refractivity contribution in [3.8, 4) is 0 Å². The van der Waals surface area contributed by atoms with Gasteiger partial charge >= 0.3 is 5.97 Å². The highest BCUT2D eigenvalue weighted by atomic mass is 32.2. The van der Waals surface area contributed by atoms with Gasteiger partial charge < -0.3 is 10.1 Å². The number of sulfonamides is 1. The minimum Gasteiger partial charge on any atom is -0.456 e. The van der Waals surface area contributed by atoms with Gasteiger partial charge in [-0.1, -0.05) is 49.4 Å². The van der Waals surface area contributed by atoms with Crippen LogP contribution in [-0.4, -0.2) is 33.4 Å². The lowest BCUT2D eigenvalue weighted by Gasteiger charge is -2.11. The molecule has 2 rings (SSSR count). The van der Waals surface area contributed by atoms with Crippen molar-refractivity contribution in [2.24, 2.45) is 5.14 Å². The first-order valence-corrected chi connectivity index (χ1v) is 10.4. The van der Waals surface area contributed by atoms with E-state index in [9.17, 15) is 18.0 Å². The summed E-state index contributed by atoms with van der Waals surface area (Å²) in [6.45, 7) is 1.94. The Bertz CT molecular complexity index is 896. The summed E-state index contributed by atoms with van der Waals surface area (Å²) >= 11 is 0. The quantitative estimate of drug-likeness (QED) is 0.618. The molecule has 8 heteroatoms. The molecule has 1 atom stereocenters. The van der Waals surface area contributed by atoms with E-state index in [1.807, 2.05) is 37.3 Å². The van der Waals surface area contributed by atoms with Gasteiger partial charge in [0, 0.05) is 6.54 Å². The second kappa shape index (κ2) is 10.0. The minimum absolute atomic E-state index is 0.0112. The predicted octanol–water partition coefficient (Wildman–Crippen LogP) is 1.73. The van der Waals surface area contributed by atoms with Crippen LogP contribution in [0.15, 0.2) is 59.5 Å². The predicted molar refractivity (Wildman–Crippen MR) is 105 cm³/mol. The van der Waals surface area contributed by atoms with Gasteiger partial charge in [-0.05, 0) is 35.6 Å². The molecule has 0 unspecified atom stereocenters. The van der Waals surface area contributed by atoms with E-state index < -0.39 is 16.0 Å². The molecule has 0 aromatic heterocycles. The van der Waals surface area contributed by atoms with Crippen molar-refractivity contribution >= 4 is 21.9 Å². The van der Waals surface area contributed by atoms with Crippen molar-refractivity contribution in [2.45, 2.75) is 30.6 Å². The number of primary sulfonamides is 1. The van der Waals surface area contributed by atoms with Crippen LogP contribution >= 0.6 is 0 Å². The fraction of sp³-hybridized carbons (Fsp3) is 0.300. The van der Waals surface area contributed by atoms with E-state index in [1.54, 1.807) is 12.1 Å². The first kappa shape index (κ1) is 21.6. The molecule has 7 nitrogen and oxygen atoms in total. The summed E-state index contributed by atoms with van der Waals surface area (Å²) < 4.78 is 27.4. The molecule has 28 heavy (non-hydrogen) atoms. The topological polar surface area (TPSA) is 116 Å². The van der Waals surface area contributed by atoms with Crippen LogP contribution in [0.3, 0.4) is 0 Å². The molecule has 0 spiro atoms. The van der Waals surface area contributed by atoms with Gasteiger partial charge in [0.05, 0.1) is 11.3 Å². The number of nitrogens with one attached hydrogen (secondary N) is 1. The Kier molecular flexibility index (Phi) is 7.71. The van der Waals surface area contributed by atoms with Crippen molar-refractivity contribution in [3.63, 3.8) is 0 Å². The highest BCUT2D eigenvalue weighted by Crippen LogP contribution is 2.18. The Labute approximate surface area is 164 Å². The Morgan fingerprint density at radius 3 is 2.32 bits per heavy atom. The lowest BCUT2D eigenvalue weighted by Crippen LogP contribution is -2.30. The van der Waals surface area contributed by atoms with Crippen LogP contribution in [0, 0.1) is 0 Å². The monoisotopic (exact) mass is 404 g/mol. The van der Waals surface area contributed by atoms with Crippen LogP contribution in [0.5, 0.6) is 0 Å². The maximum atomic E-state index is 11.9. The summed E-state index contributed by atoms with van der Waals surface area (Å²) in [6.07, 6.45) is 0.712. The fourth-order valence-electron chi connectivity index (χ4n) is 2.60. The van der Waals surface area contributed by atoms with Gasteiger partial charge in [-0.25, -0.2) is 13.6 Å². The lowest BCUT2D eigenvalue weighted by atomic mass is 9.98. The normalized spacial score (nSPS) is 12.2. The van der Waals surface area contributed by atoms with Gasteiger partial charge in [-0.15, -0.1) is 0 Å². The number of rotatable bonds is 9. The van der Waals surface area contributed by atoms with Gasteiger partial charge in [0.15, 0.2) is 6.61 Å². The zero-order valence-corrected chi connectivity index (χ0v) is 16.4. The summed E-state index contributed by atoms with van der Waals surface area (Å²) in [6, 6.07) is 15.7. The Morgan fingerprint density at radius 1 is 1.07 bits per heavy atom. The van der Waals surface area contributed by atoms with Crippen LogP contribution in [0.4, 0.5) is 0 Å². The zero-order chi connectivity index (χ0) is 20.6. The molecule has 0 saturated heterocycles. The van der Waals surface area contributed by atoms with Crippen LogP contribution in [-0.2, 0) is 30.8 Å². The Balaban J connectivity index is 1.67. The van der Waals surface area contributed by atoms with Gasteiger partial charge in [-0.3, -0.25) is 9.59 Å². The maximum absolute atomic E-state index is 11.9. The molecule has 0 fully saturated rings. The van der Waals surface area contributed by atoms with Gasteiger partial charge in [0.2, 0.25) is 10.0 Å². The van der Waals surface area contributed by atoms with E-state index in [0.29, 0.717) is 13.0 Å². The molecule has 2 aromatic carbocycles. The first-order valence-electron chi connectivity index (χ1n) is 8.84. The van der Waals surface area contributed by atoms with Crippen LogP contribution in [0.25, 0.3) is 0 Å². The Morgan fingerprint density at radius 2 is 1.71 bits per heavy atom. The zero-order valence-electron chi connectivity index (χ0n) is 15.6. The van der Waals surface area contributed by atoms with Gasteiger partial charge in [0.1, 0.15) is 0 Å². The number of carbonyl (C=O) groups is 2. The SMILES string of the molecule is C[C@@H](CC(=O)OCC(=O)NCCc1ccc(S(N)(=O)=O)cc1)c1ccccc1. The molecule has 0 aliphatic heterocycles. The summed E-state index contributed by atoms with van der Waals surface area (Å²) in [5.41, 5.74) is 1.89. The number of benzene rings is 2. The molecule has 0 radical (unpaired) electrons. The van der Waals surface area contributed by atoms with E-state index in [0.717, 1.165) is 11.1 Å². The molecule has 3 N–H and O–H groups in total. The van der Waals surface area contributed by atoms with Crippen molar-refractivity contribution in [2.75, 3.05) is 13.2 Å². The van der Waals surface area contributed by atoms with Crippen molar-refractivity contribution in [1.29, 1.82) is 0 Å². The van der Waals surface area contributed by atoms with Gasteiger partial charge in [0.25, 0.3) is 5.91 Å². The number of hydrogen-bond acceptors (Lipinski definition) is 5. The first-order chi connectivity index (χ1) is 13.3. The third kappa shape index (κ3) is 7.13. The molecule has 0 saturated carbocycles. The summed E-state index contributed by atoms with van der Waals surface area (Å²) in [7, 11) is -3.71. The Hall–Kier alpha value is -2.71. The number of ether oxygens (including phenoxy) is 1. The van der Waals surface area contributed by atoms with Crippen LogP contribution < -0.4 is 10.5 Å². The molecule has 150 valence electrons.